The molecule has 7 nitrogen and oxygen atoms in total. The van der Waals surface area contributed by atoms with E-state index in [9.17, 15) is 26.7 Å². The lowest BCUT2D eigenvalue weighted by Crippen LogP contribution is -2.28. The number of rotatable bonds is 13. The van der Waals surface area contributed by atoms with Gasteiger partial charge in [-0.25, -0.2) is 12.7 Å². The molecule has 0 amide bonds. The van der Waals surface area contributed by atoms with Crippen LogP contribution in [0.25, 0.3) is 0 Å². The molecule has 196 valence electrons. The van der Waals surface area contributed by atoms with Crippen LogP contribution in [-0.2, 0) is 16.6 Å². The quantitative estimate of drug-likeness (QED) is 0.376. The third-order valence-corrected chi connectivity index (χ3v) is 7.02. The van der Waals surface area contributed by atoms with Gasteiger partial charge >= 0.3 is 6.36 Å². The summed E-state index contributed by atoms with van der Waals surface area (Å²) in [4.78, 5) is 1.80. The topological polar surface area (TPSA) is 79.3 Å². The van der Waals surface area contributed by atoms with Crippen LogP contribution in [0.5, 0.6) is 17.2 Å². The SMILES string of the molecule is CCCCN(CCCC)c1cc(CO)cc(S(=O)(=O)N(C)C)c1Oc1cccc(OC(F)(F)F)c1. The second kappa shape index (κ2) is 12.5. The van der Waals surface area contributed by atoms with Crippen molar-refractivity contribution in [1.82, 2.24) is 4.31 Å². The van der Waals surface area contributed by atoms with E-state index in [0.29, 0.717) is 24.3 Å². The van der Waals surface area contributed by atoms with Gasteiger partial charge in [-0.2, -0.15) is 0 Å². The first-order valence-corrected chi connectivity index (χ1v) is 12.9. The van der Waals surface area contributed by atoms with Gasteiger partial charge in [0.15, 0.2) is 5.75 Å². The summed E-state index contributed by atoms with van der Waals surface area (Å²) in [7, 11) is -1.30. The molecule has 0 aliphatic heterocycles. The van der Waals surface area contributed by atoms with Gasteiger partial charge in [0.2, 0.25) is 10.0 Å². The third kappa shape index (κ3) is 8.01. The first-order valence-electron chi connectivity index (χ1n) is 11.4. The summed E-state index contributed by atoms with van der Waals surface area (Å²) >= 11 is 0. The van der Waals surface area contributed by atoms with Gasteiger partial charge in [-0.05, 0) is 42.7 Å². The lowest BCUT2D eigenvalue weighted by molar-refractivity contribution is -0.274. The molecule has 2 aromatic carbocycles. The highest BCUT2D eigenvalue weighted by molar-refractivity contribution is 7.89. The number of alkyl halides is 3. The molecule has 2 rings (SSSR count). The van der Waals surface area contributed by atoms with Crippen molar-refractivity contribution in [3.05, 3.63) is 42.0 Å². The Morgan fingerprint density at radius 3 is 2.09 bits per heavy atom. The average Bonchev–Trinajstić information content (AvgIpc) is 2.78. The molecule has 0 aromatic heterocycles. The number of nitrogens with zero attached hydrogens (tertiary/aromatic N) is 2. The molecule has 0 fully saturated rings. The molecule has 0 aliphatic rings. The lowest BCUT2D eigenvalue weighted by atomic mass is 10.1. The zero-order chi connectivity index (χ0) is 26.2. The predicted octanol–water partition coefficient (Wildman–Crippen LogP) is 5.53. The molecule has 0 atom stereocenters. The molecule has 0 bridgehead atoms. The second-order valence-electron chi connectivity index (χ2n) is 8.21. The van der Waals surface area contributed by atoms with E-state index < -0.39 is 28.7 Å². The molecular formula is C24H33F3N2O5S. The Morgan fingerprint density at radius 1 is 0.971 bits per heavy atom. The van der Waals surface area contributed by atoms with Crippen molar-refractivity contribution in [3.8, 4) is 17.2 Å². The van der Waals surface area contributed by atoms with Crippen molar-refractivity contribution < 1.29 is 36.2 Å². The van der Waals surface area contributed by atoms with E-state index in [-0.39, 0.29) is 16.4 Å². The minimum atomic E-state index is -4.89. The first kappa shape index (κ1) is 28.7. The molecule has 0 heterocycles. The van der Waals surface area contributed by atoms with Crippen LogP contribution < -0.4 is 14.4 Å². The summed E-state index contributed by atoms with van der Waals surface area (Å²) in [5, 5.41) is 9.86. The van der Waals surface area contributed by atoms with Crippen molar-refractivity contribution in [2.45, 2.75) is 57.4 Å². The van der Waals surface area contributed by atoms with Gasteiger partial charge in [0, 0.05) is 33.3 Å². The predicted molar refractivity (Wildman–Crippen MR) is 128 cm³/mol. The molecule has 2 aromatic rings. The molecule has 0 saturated heterocycles. The van der Waals surface area contributed by atoms with Gasteiger partial charge in [0.1, 0.15) is 16.4 Å². The standard InChI is InChI=1S/C24H33F3N2O5S/c1-5-7-12-29(13-8-6-2)21-14-18(17-30)15-22(35(31,32)28(3)4)23(21)33-19-10-9-11-20(16-19)34-24(25,26)27/h9-11,14-16,30H,5-8,12-13,17H2,1-4H3. The summed E-state index contributed by atoms with van der Waals surface area (Å²) < 4.78 is 75.6. The number of halogens is 3. The summed E-state index contributed by atoms with van der Waals surface area (Å²) in [5.41, 5.74) is 0.820. The number of aliphatic hydroxyl groups excluding tert-OH is 1. The van der Waals surface area contributed by atoms with E-state index in [2.05, 4.69) is 4.74 Å². The fourth-order valence-electron chi connectivity index (χ4n) is 3.36. The second-order valence-corrected chi connectivity index (χ2v) is 10.3. The molecule has 35 heavy (non-hydrogen) atoms. The number of anilines is 1. The number of aliphatic hydroxyl groups is 1. The highest BCUT2D eigenvalue weighted by Gasteiger charge is 2.32. The van der Waals surface area contributed by atoms with E-state index in [0.717, 1.165) is 42.1 Å². The number of ether oxygens (including phenoxy) is 2. The molecule has 0 saturated carbocycles. The Labute approximate surface area is 205 Å². The maximum Gasteiger partial charge on any atom is 0.573 e. The Hall–Kier alpha value is -2.50. The first-order chi connectivity index (χ1) is 16.4. The number of hydrogen-bond acceptors (Lipinski definition) is 6. The minimum absolute atomic E-state index is 0.0211. The Morgan fingerprint density at radius 2 is 1.57 bits per heavy atom. The summed E-state index contributed by atoms with van der Waals surface area (Å²) in [6, 6.07) is 7.90. The lowest BCUT2D eigenvalue weighted by Gasteiger charge is -2.29. The van der Waals surface area contributed by atoms with Crippen molar-refractivity contribution in [2.75, 3.05) is 32.1 Å². The highest BCUT2D eigenvalue weighted by atomic mass is 32.2. The van der Waals surface area contributed by atoms with Crippen molar-refractivity contribution >= 4 is 15.7 Å². The van der Waals surface area contributed by atoms with Crippen LogP contribution in [0, 0.1) is 0 Å². The molecule has 11 heteroatoms. The number of benzene rings is 2. The smallest absolute Gasteiger partial charge is 0.454 e. The van der Waals surface area contributed by atoms with Crippen molar-refractivity contribution in [1.29, 1.82) is 0 Å². The van der Waals surface area contributed by atoms with Crippen LogP contribution in [0.1, 0.15) is 45.1 Å². The average molecular weight is 519 g/mol. The van der Waals surface area contributed by atoms with Gasteiger partial charge in [-0.3, -0.25) is 0 Å². The van der Waals surface area contributed by atoms with Crippen molar-refractivity contribution in [2.24, 2.45) is 0 Å². The van der Waals surface area contributed by atoms with Gasteiger partial charge in [-0.1, -0.05) is 32.8 Å². The zero-order valence-electron chi connectivity index (χ0n) is 20.4. The van der Waals surface area contributed by atoms with Crippen LogP contribution in [0.4, 0.5) is 18.9 Å². The van der Waals surface area contributed by atoms with Gasteiger partial charge in [0.05, 0.1) is 12.3 Å². The van der Waals surface area contributed by atoms with E-state index in [1.807, 2.05) is 18.7 Å². The van der Waals surface area contributed by atoms with E-state index in [1.54, 1.807) is 6.07 Å². The van der Waals surface area contributed by atoms with Crippen LogP contribution >= 0.6 is 0 Å². The Bertz CT molecular complexity index is 1070. The molecule has 1 N–H and O–H groups in total. The van der Waals surface area contributed by atoms with E-state index >= 15 is 0 Å². The summed E-state index contributed by atoms with van der Waals surface area (Å²) in [6.07, 6.45) is -1.42. The molecular weight excluding hydrogens is 485 g/mol. The zero-order valence-corrected chi connectivity index (χ0v) is 21.2. The highest BCUT2D eigenvalue weighted by Crippen LogP contribution is 2.41. The normalized spacial score (nSPS) is 12.1. The van der Waals surface area contributed by atoms with Gasteiger partial charge in [-0.15, -0.1) is 13.2 Å². The summed E-state index contributed by atoms with van der Waals surface area (Å²) in [5.74, 6) is -0.535. The molecule has 0 unspecified atom stereocenters. The minimum Gasteiger partial charge on any atom is -0.454 e. The van der Waals surface area contributed by atoms with Crippen LogP contribution in [0.2, 0.25) is 0 Å². The van der Waals surface area contributed by atoms with Gasteiger partial charge < -0.3 is 19.5 Å². The number of sulfonamides is 1. The summed E-state index contributed by atoms with van der Waals surface area (Å²) in [6.45, 7) is 4.90. The molecule has 0 radical (unpaired) electrons. The fraction of sp³-hybridized carbons (Fsp3) is 0.500. The Balaban J connectivity index is 2.73. The van der Waals surface area contributed by atoms with Gasteiger partial charge in [0.25, 0.3) is 0 Å². The number of unbranched alkanes of at least 4 members (excludes halogenated alkanes) is 2. The maximum atomic E-state index is 13.2. The largest absolute Gasteiger partial charge is 0.573 e. The van der Waals surface area contributed by atoms with Crippen LogP contribution in [-0.4, -0.2) is 51.4 Å². The Kier molecular flexibility index (Phi) is 10.2. The maximum absolute atomic E-state index is 13.2. The van der Waals surface area contributed by atoms with E-state index in [4.69, 9.17) is 4.74 Å². The van der Waals surface area contributed by atoms with Crippen LogP contribution in [0.3, 0.4) is 0 Å². The monoisotopic (exact) mass is 518 g/mol. The third-order valence-electron chi connectivity index (χ3n) is 5.20. The fourth-order valence-corrected chi connectivity index (χ4v) is 4.44. The molecule has 0 spiro atoms. The molecule has 0 aliphatic carbocycles. The van der Waals surface area contributed by atoms with Crippen molar-refractivity contribution in [3.63, 3.8) is 0 Å². The number of hydrogen-bond donors (Lipinski definition) is 1. The van der Waals surface area contributed by atoms with Crippen LogP contribution in [0.15, 0.2) is 41.3 Å². The van der Waals surface area contributed by atoms with E-state index in [1.165, 1.54) is 32.3 Å².